The lowest BCUT2D eigenvalue weighted by atomic mass is 10.1. The minimum atomic E-state index is -4.90. The molecule has 1 amide bonds. The summed E-state index contributed by atoms with van der Waals surface area (Å²) in [5.41, 5.74) is 3.15. The van der Waals surface area contributed by atoms with Gasteiger partial charge in [-0.05, 0) is 37.0 Å². The highest BCUT2D eigenvalue weighted by Gasteiger charge is 2.43. The molecule has 10 heteroatoms. The second-order valence-electron chi connectivity index (χ2n) is 5.83. The zero-order chi connectivity index (χ0) is 18.2. The van der Waals surface area contributed by atoms with Crippen molar-refractivity contribution >= 4 is 5.91 Å². The molecule has 2 aromatic rings. The van der Waals surface area contributed by atoms with Crippen LogP contribution in [-0.4, -0.2) is 33.5 Å². The van der Waals surface area contributed by atoms with Gasteiger partial charge in [-0.25, -0.2) is 9.07 Å². The van der Waals surface area contributed by atoms with Crippen molar-refractivity contribution in [1.82, 2.24) is 20.3 Å². The molecule has 134 valence electrons. The Bertz CT molecular complexity index is 784. The number of amides is 1. The molecule has 1 aromatic carbocycles. The summed E-state index contributed by atoms with van der Waals surface area (Å²) in [6.45, 7) is 0.121. The Labute approximate surface area is 140 Å². The second kappa shape index (κ2) is 6.43. The Hall–Kier alpha value is -2.49. The van der Waals surface area contributed by atoms with E-state index in [0.717, 1.165) is 25.0 Å². The molecular formula is C15H15F4N5O. The number of rotatable bonds is 5. The van der Waals surface area contributed by atoms with Gasteiger partial charge in [-0.2, -0.15) is 13.2 Å². The maximum absolute atomic E-state index is 13.5. The summed E-state index contributed by atoms with van der Waals surface area (Å²) in [6.07, 6.45) is -3.17. The number of benzene rings is 1. The molecule has 3 rings (SSSR count). The normalized spacial score (nSPS) is 15.9. The van der Waals surface area contributed by atoms with Crippen LogP contribution in [0, 0.1) is 11.7 Å². The first-order valence-electron chi connectivity index (χ1n) is 7.61. The fraction of sp³-hybridized carbons (Fsp3) is 0.400. The summed E-state index contributed by atoms with van der Waals surface area (Å²) in [5, 5.41) is 9.25. The molecular weight excluding hydrogens is 342 g/mol. The van der Waals surface area contributed by atoms with E-state index in [4.69, 9.17) is 5.73 Å². The summed E-state index contributed by atoms with van der Waals surface area (Å²) in [7, 11) is 0. The summed E-state index contributed by atoms with van der Waals surface area (Å²) >= 11 is 0. The van der Waals surface area contributed by atoms with E-state index in [1.54, 1.807) is 0 Å². The lowest BCUT2D eigenvalue weighted by Crippen LogP contribution is -2.42. The Balaban J connectivity index is 1.98. The number of halogens is 4. The van der Waals surface area contributed by atoms with Crippen molar-refractivity contribution in [2.75, 3.05) is 6.54 Å². The van der Waals surface area contributed by atoms with Crippen LogP contribution in [0.1, 0.15) is 29.0 Å². The number of nitrogens with two attached hydrogens (primary N) is 1. The predicted octanol–water partition coefficient (Wildman–Crippen LogP) is 1.89. The Kier molecular flexibility index (Phi) is 4.46. The van der Waals surface area contributed by atoms with Crippen LogP contribution in [0.4, 0.5) is 17.6 Å². The van der Waals surface area contributed by atoms with E-state index in [0.29, 0.717) is 4.68 Å². The first kappa shape index (κ1) is 17.3. The van der Waals surface area contributed by atoms with E-state index in [2.05, 4.69) is 15.6 Å². The molecule has 0 spiro atoms. The van der Waals surface area contributed by atoms with Gasteiger partial charge in [0.25, 0.3) is 5.91 Å². The molecule has 25 heavy (non-hydrogen) atoms. The smallest absolute Gasteiger partial charge is 0.346 e. The van der Waals surface area contributed by atoms with Crippen LogP contribution in [0.2, 0.25) is 0 Å². The second-order valence-corrected chi connectivity index (χ2v) is 5.83. The number of hydrogen-bond acceptors (Lipinski definition) is 4. The van der Waals surface area contributed by atoms with Crippen LogP contribution in [0.25, 0.3) is 5.69 Å². The van der Waals surface area contributed by atoms with Gasteiger partial charge in [-0.1, -0.05) is 11.3 Å². The first-order chi connectivity index (χ1) is 11.8. The van der Waals surface area contributed by atoms with E-state index >= 15 is 0 Å². The monoisotopic (exact) mass is 357 g/mol. The first-order valence-corrected chi connectivity index (χ1v) is 7.61. The van der Waals surface area contributed by atoms with Crippen molar-refractivity contribution < 1.29 is 22.4 Å². The molecule has 1 saturated carbocycles. The fourth-order valence-electron chi connectivity index (χ4n) is 2.58. The largest absolute Gasteiger partial charge is 0.435 e. The zero-order valence-corrected chi connectivity index (χ0v) is 12.9. The molecule has 1 heterocycles. The lowest BCUT2D eigenvalue weighted by molar-refractivity contribution is -0.143. The van der Waals surface area contributed by atoms with Crippen LogP contribution in [-0.2, 0) is 6.18 Å². The lowest BCUT2D eigenvalue weighted by Gasteiger charge is -2.16. The van der Waals surface area contributed by atoms with E-state index in [1.165, 1.54) is 12.1 Å². The predicted molar refractivity (Wildman–Crippen MR) is 79.4 cm³/mol. The third kappa shape index (κ3) is 3.63. The number of carbonyl (C=O) groups is 1. The molecule has 1 fully saturated rings. The number of nitrogens with zero attached hydrogens (tertiary/aromatic N) is 3. The van der Waals surface area contributed by atoms with Crippen molar-refractivity contribution in [3.05, 3.63) is 41.5 Å². The van der Waals surface area contributed by atoms with E-state index in [9.17, 15) is 22.4 Å². The average Bonchev–Trinajstić information content (AvgIpc) is 3.27. The number of hydrogen-bond donors (Lipinski definition) is 2. The molecule has 1 aliphatic rings. The maximum Gasteiger partial charge on any atom is 0.435 e. The van der Waals surface area contributed by atoms with Crippen LogP contribution in [0.15, 0.2) is 24.3 Å². The Morgan fingerprint density at radius 3 is 2.68 bits per heavy atom. The summed E-state index contributed by atoms with van der Waals surface area (Å²) in [4.78, 5) is 12.3. The van der Waals surface area contributed by atoms with E-state index in [1.807, 2.05) is 0 Å². The molecule has 0 aliphatic heterocycles. The van der Waals surface area contributed by atoms with Crippen LogP contribution in [0.5, 0.6) is 0 Å². The van der Waals surface area contributed by atoms with Gasteiger partial charge in [0, 0.05) is 12.6 Å². The van der Waals surface area contributed by atoms with Crippen LogP contribution >= 0.6 is 0 Å². The molecule has 0 bridgehead atoms. The van der Waals surface area contributed by atoms with Crippen molar-refractivity contribution in [2.24, 2.45) is 11.7 Å². The summed E-state index contributed by atoms with van der Waals surface area (Å²) in [6, 6.07) is 4.03. The van der Waals surface area contributed by atoms with E-state index in [-0.39, 0.29) is 18.2 Å². The van der Waals surface area contributed by atoms with Gasteiger partial charge < -0.3 is 11.1 Å². The van der Waals surface area contributed by atoms with Gasteiger partial charge >= 0.3 is 6.18 Å². The fourth-order valence-corrected chi connectivity index (χ4v) is 2.58. The van der Waals surface area contributed by atoms with Crippen molar-refractivity contribution in [3.63, 3.8) is 0 Å². The van der Waals surface area contributed by atoms with Crippen molar-refractivity contribution in [2.45, 2.75) is 25.1 Å². The Morgan fingerprint density at radius 2 is 2.12 bits per heavy atom. The zero-order valence-electron chi connectivity index (χ0n) is 12.9. The minimum Gasteiger partial charge on any atom is -0.346 e. The van der Waals surface area contributed by atoms with E-state index < -0.39 is 35.3 Å². The highest BCUT2D eigenvalue weighted by atomic mass is 19.4. The molecule has 1 atom stereocenters. The molecule has 6 nitrogen and oxygen atoms in total. The number of carbonyl (C=O) groups excluding carboxylic acids is 1. The molecule has 1 aromatic heterocycles. The molecule has 1 aliphatic carbocycles. The van der Waals surface area contributed by atoms with Crippen LogP contribution < -0.4 is 11.1 Å². The highest BCUT2D eigenvalue weighted by Crippen LogP contribution is 2.34. The topological polar surface area (TPSA) is 85.8 Å². The van der Waals surface area contributed by atoms with Crippen molar-refractivity contribution in [3.8, 4) is 5.69 Å². The van der Waals surface area contributed by atoms with Gasteiger partial charge in [0.1, 0.15) is 5.82 Å². The standard InChI is InChI=1S/C15H15F4N5O/c16-9-2-1-3-10(6-9)24-13(15(17,18)19)12(22-23-24)14(25)21-11(7-20)8-4-5-8/h1-3,6,8,11H,4-5,7,20H2,(H,21,25). The number of nitrogens with one attached hydrogen (secondary N) is 1. The minimum absolute atomic E-state index is 0.121. The van der Waals surface area contributed by atoms with Gasteiger partial charge in [0.15, 0.2) is 11.4 Å². The Morgan fingerprint density at radius 1 is 1.40 bits per heavy atom. The van der Waals surface area contributed by atoms with Gasteiger partial charge in [0.05, 0.1) is 5.69 Å². The number of aromatic nitrogens is 3. The maximum atomic E-state index is 13.5. The number of alkyl halides is 3. The quantitative estimate of drug-likeness (QED) is 0.801. The summed E-state index contributed by atoms with van der Waals surface area (Å²) in [5.74, 6) is -1.57. The summed E-state index contributed by atoms with van der Waals surface area (Å²) < 4.78 is 54.2. The molecule has 0 radical (unpaired) electrons. The molecule has 1 unspecified atom stereocenters. The van der Waals surface area contributed by atoms with Gasteiger partial charge in [-0.3, -0.25) is 4.79 Å². The van der Waals surface area contributed by atoms with Gasteiger partial charge in [-0.15, -0.1) is 5.10 Å². The van der Waals surface area contributed by atoms with Crippen molar-refractivity contribution in [1.29, 1.82) is 0 Å². The van der Waals surface area contributed by atoms with Crippen LogP contribution in [0.3, 0.4) is 0 Å². The SMILES string of the molecule is NCC(NC(=O)c1nnn(-c2cccc(F)c2)c1C(F)(F)F)C1CC1. The highest BCUT2D eigenvalue weighted by molar-refractivity contribution is 5.93. The molecule has 3 N–H and O–H groups in total. The third-order valence-electron chi connectivity index (χ3n) is 3.97. The van der Waals surface area contributed by atoms with Gasteiger partial charge in [0.2, 0.25) is 0 Å². The average molecular weight is 357 g/mol. The third-order valence-corrected chi connectivity index (χ3v) is 3.97. The molecule has 0 saturated heterocycles.